The van der Waals surface area contributed by atoms with Crippen molar-refractivity contribution in [3.05, 3.63) is 11.0 Å². The quantitative estimate of drug-likeness (QED) is 0.375. The molecule has 0 unspecified atom stereocenters. The normalized spacial score (nSPS) is 10.1. The lowest BCUT2D eigenvalue weighted by atomic mass is 10.4. The number of hydrogen-bond acceptors (Lipinski definition) is 6. The number of methoxy groups -OCH3 is 1. The number of anilines is 1. The molecule has 0 radical (unpaired) electrons. The molecule has 5 nitrogen and oxygen atoms in total. The Morgan fingerprint density at radius 3 is 2.87 bits per heavy atom. The molecule has 0 bridgehead atoms. The zero-order valence-electron chi connectivity index (χ0n) is 8.28. The standard InChI is InChI=1S/C8H10ClN3O2S/c1-4-6(10)7(12-8(9)11-4)15-3-5(13)14-2/h3,10H2,1-2H3. The SMILES string of the molecule is COC(=O)CSc1nc(Cl)nc(C)c1N. The Kier molecular flexibility index (Phi) is 4.16. The van der Waals surface area contributed by atoms with Gasteiger partial charge in [-0.15, -0.1) is 0 Å². The van der Waals surface area contributed by atoms with Gasteiger partial charge in [0.2, 0.25) is 5.28 Å². The second-order valence-electron chi connectivity index (χ2n) is 2.66. The Hall–Kier alpha value is -1.01. The summed E-state index contributed by atoms with van der Waals surface area (Å²) in [6, 6.07) is 0. The summed E-state index contributed by atoms with van der Waals surface area (Å²) in [4.78, 5) is 18.7. The highest BCUT2D eigenvalue weighted by Gasteiger charge is 2.10. The van der Waals surface area contributed by atoms with E-state index in [0.29, 0.717) is 16.4 Å². The number of aryl methyl sites for hydroxylation is 1. The first-order chi connectivity index (χ1) is 7.04. The lowest BCUT2D eigenvalue weighted by Gasteiger charge is -2.05. The third-order valence-corrected chi connectivity index (χ3v) is 2.76. The fourth-order valence-corrected chi connectivity index (χ4v) is 1.91. The Bertz CT molecular complexity index is 386. The van der Waals surface area contributed by atoms with Crippen molar-refractivity contribution in [2.75, 3.05) is 18.6 Å². The Labute approximate surface area is 96.4 Å². The van der Waals surface area contributed by atoms with E-state index < -0.39 is 0 Å². The van der Waals surface area contributed by atoms with E-state index in [4.69, 9.17) is 17.3 Å². The van der Waals surface area contributed by atoms with Crippen LogP contribution < -0.4 is 5.73 Å². The smallest absolute Gasteiger partial charge is 0.316 e. The third kappa shape index (κ3) is 3.24. The maximum absolute atomic E-state index is 10.9. The molecule has 0 spiro atoms. The Morgan fingerprint density at radius 1 is 1.60 bits per heavy atom. The van der Waals surface area contributed by atoms with Crippen LogP contribution in [0.15, 0.2) is 5.03 Å². The van der Waals surface area contributed by atoms with Gasteiger partial charge in [-0.05, 0) is 18.5 Å². The number of nitrogens with zero attached hydrogens (tertiary/aromatic N) is 2. The second-order valence-corrected chi connectivity index (χ2v) is 3.96. The summed E-state index contributed by atoms with van der Waals surface area (Å²) in [6.45, 7) is 1.73. The Balaban J connectivity index is 2.81. The van der Waals surface area contributed by atoms with Crippen LogP contribution in [0.5, 0.6) is 0 Å². The van der Waals surface area contributed by atoms with Crippen LogP contribution in [-0.4, -0.2) is 28.8 Å². The van der Waals surface area contributed by atoms with E-state index in [0.717, 1.165) is 0 Å². The first-order valence-corrected chi connectivity index (χ1v) is 5.40. The minimum absolute atomic E-state index is 0.120. The van der Waals surface area contributed by atoms with Crippen molar-refractivity contribution in [1.29, 1.82) is 0 Å². The highest BCUT2D eigenvalue weighted by atomic mass is 35.5. The van der Waals surface area contributed by atoms with Crippen molar-refractivity contribution in [2.45, 2.75) is 11.9 Å². The van der Waals surface area contributed by atoms with Crippen LogP contribution >= 0.6 is 23.4 Å². The monoisotopic (exact) mass is 247 g/mol. The van der Waals surface area contributed by atoms with E-state index in [1.807, 2.05) is 0 Å². The topological polar surface area (TPSA) is 78.1 Å². The molecule has 0 saturated carbocycles. The molecule has 7 heteroatoms. The number of hydrogen-bond donors (Lipinski definition) is 1. The third-order valence-electron chi connectivity index (χ3n) is 1.63. The minimum atomic E-state index is -0.341. The Morgan fingerprint density at radius 2 is 2.27 bits per heavy atom. The number of rotatable bonds is 3. The van der Waals surface area contributed by atoms with Gasteiger partial charge < -0.3 is 10.5 Å². The molecule has 0 aliphatic carbocycles. The summed E-state index contributed by atoms with van der Waals surface area (Å²) >= 11 is 6.84. The number of carbonyl (C=O) groups excluding carboxylic acids is 1. The molecule has 0 aliphatic heterocycles. The molecule has 82 valence electrons. The predicted octanol–water partition coefficient (Wildman–Crippen LogP) is 1.29. The molecule has 0 aliphatic rings. The predicted molar refractivity (Wildman–Crippen MR) is 58.9 cm³/mol. The van der Waals surface area contributed by atoms with Crippen molar-refractivity contribution >= 4 is 35.0 Å². The van der Waals surface area contributed by atoms with E-state index >= 15 is 0 Å². The van der Waals surface area contributed by atoms with Crippen LogP contribution in [0.3, 0.4) is 0 Å². The molecule has 0 amide bonds. The zero-order chi connectivity index (χ0) is 11.4. The van der Waals surface area contributed by atoms with Gasteiger partial charge in [-0.2, -0.15) is 0 Å². The molecular weight excluding hydrogens is 238 g/mol. The van der Waals surface area contributed by atoms with E-state index in [1.165, 1.54) is 18.9 Å². The number of thioether (sulfide) groups is 1. The molecule has 0 fully saturated rings. The van der Waals surface area contributed by atoms with E-state index in [9.17, 15) is 4.79 Å². The molecule has 15 heavy (non-hydrogen) atoms. The van der Waals surface area contributed by atoms with Crippen molar-refractivity contribution in [1.82, 2.24) is 9.97 Å². The fourth-order valence-electron chi connectivity index (χ4n) is 0.819. The van der Waals surface area contributed by atoms with Crippen molar-refractivity contribution in [3.8, 4) is 0 Å². The van der Waals surface area contributed by atoms with Gasteiger partial charge in [0.1, 0.15) is 5.03 Å². The highest BCUT2D eigenvalue weighted by molar-refractivity contribution is 8.00. The van der Waals surface area contributed by atoms with E-state index in [2.05, 4.69) is 14.7 Å². The molecule has 2 N–H and O–H groups in total. The van der Waals surface area contributed by atoms with Gasteiger partial charge in [0.25, 0.3) is 0 Å². The molecule has 1 aromatic rings. The summed E-state index contributed by atoms with van der Waals surface area (Å²) in [7, 11) is 1.32. The first-order valence-electron chi connectivity index (χ1n) is 4.03. The van der Waals surface area contributed by atoms with Crippen molar-refractivity contribution in [2.24, 2.45) is 0 Å². The summed E-state index contributed by atoms with van der Waals surface area (Å²) in [5, 5.41) is 0.618. The average molecular weight is 248 g/mol. The number of esters is 1. The van der Waals surface area contributed by atoms with Crippen LogP contribution in [0.2, 0.25) is 5.28 Å². The van der Waals surface area contributed by atoms with Crippen LogP contribution in [0.1, 0.15) is 5.69 Å². The lowest BCUT2D eigenvalue weighted by molar-refractivity contribution is -0.137. The molecule has 0 atom stereocenters. The first kappa shape index (κ1) is 12.1. The van der Waals surface area contributed by atoms with E-state index in [1.54, 1.807) is 6.92 Å². The van der Waals surface area contributed by atoms with E-state index in [-0.39, 0.29) is 17.0 Å². The van der Waals surface area contributed by atoms with Crippen molar-refractivity contribution in [3.63, 3.8) is 0 Å². The lowest BCUT2D eigenvalue weighted by Crippen LogP contribution is -2.05. The molecule has 0 saturated heterocycles. The van der Waals surface area contributed by atoms with Gasteiger partial charge in [-0.3, -0.25) is 4.79 Å². The van der Waals surface area contributed by atoms with Gasteiger partial charge in [0.05, 0.1) is 24.2 Å². The van der Waals surface area contributed by atoms with Crippen molar-refractivity contribution < 1.29 is 9.53 Å². The highest BCUT2D eigenvalue weighted by Crippen LogP contribution is 2.25. The van der Waals surface area contributed by atoms with Crippen LogP contribution in [0, 0.1) is 6.92 Å². The number of nitrogens with two attached hydrogens (primary N) is 1. The van der Waals surface area contributed by atoms with Gasteiger partial charge in [0, 0.05) is 0 Å². The molecule has 1 aromatic heterocycles. The van der Waals surface area contributed by atoms with Gasteiger partial charge in [-0.25, -0.2) is 9.97 Å². The molecular formula is C8H10ClN3O2S. The summed E-state index contributed by atoms with van der Waals surface area (Å²) in [5.41, 5.74) is 6.76. The summed E-state index contributed by atoms with van der Waals surface area (Å²) in [5.74, 6) is -0.195. The molecule has 0 aromatic carbocycles. The number of ether oxygens (including phenoxy) is 1. The number of halogens is 1. The molecule has 1 heterocycles. The number of carbonyl (C=O) groups is 1. The summed E-state index contributed by atoms with van der Waals surface area (Å²) < 4.78 is 4.50. The number of aromatic nitrogens is 2. The maximum Gasteiger partial charge on any atom is 0.316 e. The maximum atomic E-state index is 10.9. The van der Waals surface area contributed by atoms with Gasteiger partial charge >= 0.3 is 5.97 Å². The van der Waals surface area contributed by atoms with Crippen LogP contribution in [0.4, 0.5) is 5.69 Å². The number of nitrogen functional groups attached to an aromatic ring is 1. The fraction of sp³-hybridized carbons (Fsp3) is 0.375. The largest absolute Gasteiger partial charge is 0.468 e. The van der Waals surface area contributed by atoms with Gasteiger partial charge in [-0.1, -0.05) is 11.8 Å². The summed E-state index contributed by atoms with van der Waals surface area (Å²) in [6.07, 6.45) is 0. The average Bonchev–Trinajstić information content (AvgIpc) is 2.20. The minimum Gasteiger partial charge on any atom is -0.468 e. The van der Waals surface area contributed by atoms with Gasteiger partial charge in [0.15, 0.2) is 0 Å². The van der Waals surface area contributed by atoms with Crippen LogP contribution in [-0.2, 0) is 9.53 Å². The van der Waals surface area contributed by atoms with Crippen LogP contribution in [0.25, 0.3) is 0 Å². The second kappa shape index (κ2) is 5.18. The zero-order valence-corrected chi connectivity index (χ0v) is 9.85. The molecule has 1 rings (SSSR count).